The lowest BCUT2D eigenvalue weighted by Crippen LogP contribution is -2.23. The topological polar surface area (TPSA) is 55.2 Å². The highest BCUT2D eigenvalue weighted by Gasteiger charge is 2.21. The molecule has 1 aromatic rings. The Hall–Kier alpha value is -1.00. The Morgan fingerprint density at radius 1 is 1.20 bits per heavy atom. The first kappa shape index (κ1) is 12.1. The lowest BCUT2D eigenvalue weighted by atomic mass is 10.2. The number of rotatable bonds is 4. The summed E-state index contributed by atoms with van der Waals surface area (Å²) in [5.41, 5.74) is 0.993. The van der Waals surface area contributed by atoms with E-state index >= 15 is 0 Å². The van der Waals surface area contributed by atoms with Crippen LogP contribution in [0.25, 0.3) is 0 Å². The molecular formula is C11H18N2O2. The maximum atomic E-state index is 9.58. The van der Waals surface area contributed by atoms with Gasteiger partial charge in [-0.05, 0) is 33.3 Å². The van der Waals surface area contributed by atoms with Crippen LogP contribution in [0.15, 0.2) is 12.4 Å². The fourth-order valence-electron chi connectivity index (χ4n) is 1.23. The van der Waals surface area contributed by atoms with Crippen LogP contribution < -0.4 is 0 Å². The predicted octanol–water partition coefficient (Wildman–Crippen LogP) is 1.63. The van der Waals surface area contributed by atoms with Crippen LogP contribution in [0.5, 0.6) is 0 Å². The predicted molar refractivity (Wildman–Crippen MR) is 57.4 cm³/mol. The van der Waals surface area contributed by atoms with Gasteiger partial charge in [0.05, 0.1) is 12.2 Å². The number of hydrogen-bond acceptors (Lipinski definition) is 4. The van der Waals surface area contributed by atoms with E-state index in [1.165, 1.54) is 0 Å². The van der Waals surface area contributed by atoms with Crippen molar-refractivity contribution in [1.29, 1.82) is 0 Å². The molecule has 4 nitrogen and oxygen atoms in total. The molecule has 0 amide bonds. The van der Waals surface area contributed by atoms with Gasteiger partial charge in [0.15, 0.2) is 5.82 Å². The molecule has 1 aromatic heterocycles. The van der Waals surface area contributed by atoms with Crippen LogP contribution in [0.3, 0.4) is 0 Å². The molecule has 0 spiro atoms. The van der Waals surface area contributed by atoms with E-state index in [4.69, 9.17) is 4.74 Å². The number of nitrogens with zero attached hydrogens (tertiary/aromatic N) is 2. The van der Waals surface area contributed by atoms with Crippen molar-refractivity contribution in [3.8, 4) is 0 Å². The second-order valence-electron chi connectivity index (χ2n) is 3.96. The second-order valence-corrected chi connectivity index (χ2v) is 3.96. The first-order valence-corrected chi connectivity index (χ1v) is 5.12. The quantitative estimate of drug-likeness (QED) is 0.820. The van der Waals surface area contributed by atoms with Crippen LogP contribution in [0, 0.1) is 6.92 Å². The monoisotopic (exact) mass is 210 g/mol. The van der Waals surface area contributed by atoms with Crippen molar-refractivity contribution >= 4 is 0 Å². The third-order valence-electron chi connectivity index (χ3n) is 1.91. The summed E-state index contributed by atoms with van der Waals surface area (Å²) in [5.74, 6) is 0.532. The van der Waals surface area contributed by atoms with Crippen molar-refractivity contribution in [3.63, 3.8) is 0 Å². The van der Waals surface area contributed by atoms with Crippen molar-refractivity contribution in [2.75, 3.05) is 0 Å². The molecule has 1 heterocycles. The average Bonchev–Trinajstić information content (AvgIpc) is 2.15. The third kappa shape index (κ3) is 3.57. The summed E-state index contributed by atoms with van der Waals surface area (Å²) >= 11 is 0. The Morgan fingerprint density at radius 3 is 2.13 bits per heavy atom. The molecule has 15 heavy (non-hydrogen) atoms. The number of aliphatic hydroxyl groups is 1. The molecule has 0 aromatic carbocycles. The van der Waals surface area contributed by atoms with Gasteiger partial charge in [0.2, 0.25) is 0 Å². The van der Waals surface area contributed by atoms with Gasteiger partial charge in [-0.25, -0.2) is 9.97 Å². The van der Waals surface area contributed by atoms with Gasteiger partial charge in [0.1, 0.15) is 6.10 Å². The molecule has 0 saturated carbocycles. The van der Waals surface area contributed by atoms with Gasteiger partial charge in [-0.3, -0.25) is 0 Å². The third-order valence-corrected chi connectivity index (χ3v) is 1.91. The maximum absolute atomic E-state index is 9.58. The van der Waals surface area contributed by atoms with Gasteiger partial charge in [-0.1, -0.05) is 0 Å². The van der Waals surface area contributed by atoms with E-state index in [0.29, 0.717) is 5.82 Å². The average molecular weight is 210 g/mol. The van der Waals surface area contributed by atoms with Crippen molar-refractivity contribution < 1.29 is 9.84 Å². The Kier molecular flexibility index (Phi) is 4.17. The molecule has 0 radical (unpaired) electrons. The number of aryl methyl sites for hydroxylation is 1. The highest BCUT2D eigenvalue weighted by molar-refractivity contribution is 5.04. The molecule has 0 saturated heterocycles. The summed E-state index contributed by atoms with van der Waals surface area (Å²) in [6, 6.07) is 0. The summed E-state index contributed by atoms with van der Waals surface area (Å²) in [6.07, 6.45) is 2.42. The van der Waals surface area contributed by atoms with E-state index in [9.17, 15) is 5.11 Å². The molecule has 0 aliphatic heterocycles. The minimum absolute atomic E-state index is 0.0366. The number of aromatic nitrogens is 2. The van der Waals surface area contributed by atoms with E-state index in [0.717, 1.165) is 5.56 Å². The van der Waals surface area contributed by atoms with Gasteiger partial charge in [-0.2, -0.15) is 0 Å². The molecule has 2 atom stereocenters. The lowest BCUT2D eigenvalue weighted by Gasteiger charge is -2.21. The van der Waals surface area contributed by atoms with E-state index in [1.54, 1.807) is 19.3 Å². The van der Waals surface area contributed by atoms with Crippen molar-refractivity contribution in [1.82, 2.24) is 9.97 Å². The van der Waals surface area contributed by atoms with Crippen LogP contribution in [0.4, 0.5) is 0 Å². The standard InChI is InChI=1S/C11H18N2O2/c1-7(2)15-10(9(4)14)11-12-5-8(3)6-13-11/h5-7,9-10,14H,1-4H3. The van der Waals surface area contributed by atoms with Gasteiger partial charge >= 0.3 is 0 Å². The first-order valence-electron chi connectivity index (χ1n) is 5.12. The highest BCUT2D eigenvalue weighted by Crippen LogP contribution is 2.19. The van der Waals surface area contributed by atoms with Crippen LogP contribution in [0.2, 0.25) is 0 Å². The fourth-order valence-corrected chi connectivity index (χ4v) is 1.23. The van der Waals surface area contributed by atoms with Gasteiger partial charge in [0.25, 0.3) is 0 Å². The van der Waals surface area contributed by atoms with E-state index in [-0.39, 0.29) is 6.10 Å². The summed E-state index contributed by atoms with van der Waals surface area (Å²) < 4.78 is 5.56. The number of hydrogen-bond donors (Lipinski definition) is 1. The van der Waals surface area contributed by atoms with E-state index in [1.807, 2.05) is 20.8 Å². The summed E-state index contributed by atoms with van der Waals surface area (Å²) in [4.78, 5) is 8.31. The Bertz CT molecular complexity index is 296. The molecule has 84 valence electrons. The molecule has 1 N–H and O–H groups in total. The molecule has 0 aliphatic rings. The number of ether oxygens (including phenoxy) is 1. The summed E-state index contributed by atoms with van der Waals surface area (Å²) in [7, 11) is 0. The zero-order valence-electron chi connectivity index (χ0n) is 9.64. The molecule has 1 rings (SSSR count). The highest BCUT2D eigenvalue weighted by atomic mass is 16.5. The molecule has 0 fully saturated rings. The Morgan fingerprint density at radius 2 is 1.73 bits per heavy atom. The lowest BCUT2D eigenvalue weighted by molar-refractivity contribution is -0.0649. The van der Waals surface area contributed by atoms with Crippen molar-refractivity contribution in [3.05, 3.63) is 23.8 Å². The number of aliphatic hydroxyl groups excluding tert-OH is 1. The molecule has 2 unspecified atom stereocenters. The van der Waals surface area contributed by atoms with Gasteiger partial charge in [-0.15, -0.1) is 0 Å². The minimum atomic E-state index is -0.616. The molecule has 4 heteroatoms. The van der Waals surface area contributed by atoms with Gasteiger partial charge in [0, 0.05) is 12.4 Å². The van der Waals surface area contributed by atoms with Crippen LogP contribution in [-0.4, -0.2) is 27.3 Å². The Labute approximate surface area is 90.3 Å². The SMILES string of the molecule is Cc1cnc(C(OC(C)C)C(C)O)nc1. The van der Waals surface area contributed by atoms with Gasteiger partial charge < -0.3 is 9.84 Å². The van der Waals surface area contributed by atoms with E-state index in [2.05, 4.69) is 9.97 Å². The largest absolute Gasteiger partial charge is 0.390 e. The van der Waals surface area contributed by atoms with Crippen LogP contribution in [-0.2, 0) is 4.74 Å². The maximum Gasteiger partial charge on any atom is 0.159 e. The van der Waals surface area contributed by atoms with Crippen LogP contribution in [0.1, 0.15) is 38.3 Å². The molecule has 0 bridgehead atoms. The summed E-state index contributed by atoms with van der Waals surface area (Å²) in [5, 5.41) is 9.58. The smallest absolute Gasteiger partial charge is 0.159 e. The molecular weight excluding hydrogens is 192 g/mol. The zero-order chi connectivity index (χ0) is 11.4. The van der Waals surface area contributed by atoms with Crippen molar-refractivity contribution in [2.24, 2.45) is 0 Å². The van der Waals surface area contributed by atoms with E-state index < -0.39 is 12.2 Å². The normalized spacial score (nSPS) is 15.3. The minimum Gasteiger partial charge on any atom is -0.390 e. The summed E-state index contributed by atoms with van der Waals surface area (Å²) in [6.45, 7) is 7.44. The first-order chi connectivity index (χ1) is 7.00. The van der Waals surface area contributed by atoms with Crippen LogP contribution >= 0.6 is 0 Å². The Balaban J connectivity index is 2.84. The second kappa shape index (κ2) is 5.19. The fraction of sp³-hybridized carbons (Fsp3) is 0.636. The molecule has 0 aliphatic carbocycles. The van der Waals surface area contributed by atoms with Crippen molar-refractivity contribution in [2.45, 2.75) is 46.0 Å². The zero-order valence-corrected chi connectivity index (χ0v) is 9.64.